The Morgan fingerprint density at radius 3 is 2.61 bits per heavy atom. The number of Topliss-reactive ketones (excluding diaryl/α,β-unsaturated/α-hetero) is 1. The van der Waals surface area contributed by atoms with Crippen molar-refractivity contribution >= 4 is 52.2 Å². The number of carbonyl (C=O) groups excluding carboxylic acids is 5. The number of carbonyl (C=O) groups is 5. The van der Waals surface area contributed by atoms with Crippen molar-refractivity contribution in [2.75, 3.05) is 29.9 Å². The highest BCUT2D eigenvalue weighted by Gasteiger charge is 2.22. The SMILES string of the molecule is CC(=O)N1CCc2cc(NC(=O)COC(=O)CCNC(=O)CCC(=O)c3cccs3)ccc21. The summed E-state index contributed by atoms with van der Waals surface area (Å²) in [6.07, 6.45) is 0.769. The lowest BCUT2D eigenvalue weighted by Crippen LogP contribution is -2.28. The molecular weight excluding hydrogens is 446 g/mol. The van der Waals surface area contributed by atoms with Gasteiger partial charge in [-0.3, -0.25) is 24.0 Å². The van der Waals surface area contributed by atoms with Crippen molar-refractivity contribution in [3.05, 3.63) is 46.2 Å². The van der Waals surface area contributed by atoms with Crippen LogP contribution in [0.25, 0.3) is 0 Å². The molecule has 1 aliphatic heterocycles. The van der Waals surface area contributed by atoms with Gasteiger partial charge >= 0.3 is 5.97 Å². The first-order valence-corrected chi connectivity index (χ1v) is 11.4. The van der Waals surface area contributed by atoms with Gasteiger partial charge in [0, 0.05) is 44.2 Å². The van der Waals surface area contributed by atoms with Gasteiger partial charge in [0.05, 0.1) is 11.3 Å². The second-order valence-electron chi connectivity index (χ2n) is 7.47. The lowest BCUT2D eigenvalue weighted by atomic mass is 10.1. The van der Waals surface area contributed by atoms with E-state index in [2.05, 4.69) is 10.6 Å². The summed E-state index contributed by atoms with van der Waals surface area (Å²) in [5, 5.41) is 7.02. The number of esters is 1. The number of benzene rings is 1. The van der Waals surface area contributed by atoms with Crippen LogP contribution in [-0.4, -0.2) is 49.2 Å². The van der Waals surface area contributed by atoms with E-state index in [0.717, 1.165) is 11.3 Å². The van der Waals surface area contributed by atoms with Crippen LogP contribution in [0, 0.1) is 0 Å². The molecule has 0 saturated carbocycles. The number of nitrogens with zero attached hydrogens (tertiary/aromatic N) is 1. The molecule has 2 N–H and O–H groups in total. The number of fused-ring (bicyclic) bond motifs is 1. The maximum Gasteiger partial charge on any atom is 0.308 e. The Balaban J connectivity index is 1.31. The average Bonchev–Trinajstić information content (AvgIpc) is 3.46. The molecule has 1 aromatic heterocycles. The molecular formula is C23H25N3O6S. The first-order valence-electron chi connectivity index (χ1n) is 10.5. The molecule has 2 heterocycles. The predicted molar refractivity (Wildman–Crippen MR) is 123 cm³/mol. The molecule has 174 valence electrons. The molecule has 0 atom stereocenters. The number of hydrogen-bond donors (Lipinski definition) is 2. The first-order chi connectivity index (χ1) is 15.8. The summed E-state index contributed by atoms with van der Waals surface area (Å²) in [5.41, 5.74) is 2.36. The first kappa shape index (κ1) is 24.1. The highest BCUT2D eigenvalue weighted by molar-refractivity contribution is 7.12. The van der Waals surface area contributed by atoms with Gasteiger partial charge in [0.1, 0.15) is 0 Å². The molecule has 10 heteroatoms. The topological polar surface area (TPSA) is 122 Å². The molecule has 3 rings (SSSR count). The van der Waals surface area contributed by atoms with Crippen LogP contribution in [0.2, 0.25) is 0 Å². The second kappa shape index (κ2) is 11.4. The van der Waals surface area contributed by atoms with Gasteiger partial charge in [-0.2, -0.15) is 0 Å². The summed E-state index contributed by atoms with van der Waals surface area (Å²) < 4.78 is 4.94. The van der Waals surface area contributed by atoms with Crippen LogP contribution in [0.15, 0.2) is 35.7 Å². The Morgan fingerprint density at radius 1 is 1.06 bits per heavy atom. The molecule has 0 aliphatic carbocycles. The van der Waals surface area contributed by atoms with E-state index in [1.54, 1.807) is 40.6 Å². The lowest BCUT2D eigenvalue weighted by molar-refractivity contribution is -0.147. The van der Waals surface area contributed by atoms with Gasteiger partial charge in [-0.15, -0.1) is 11.3 Å². The summed E-state index contributed by atoms with van der Waals surface area (Å²) in [7, 11) is 0. The maximum atomic E-state index is 12.1. The average molecular weight is 472 g/mol. The van der Waals surface area contributed by atoms with E-state index in [1.165, 1.54) is 18.3 Å². The van der Waals surface area contributed by atoms with E-state index in [-0.39, 0.29) is 43.4 Å². The summed E-state index contributed by atoms with van der Waals surface area (Å²) in [4.78, 5) is 61.5. The molecule has 1 aliphatic rings. The van der Waals surface area contributed by atoms with Crippen molar-refractivity contribution < 1.29 is 28.7 Å². The Morgan fingerprint density at radius 2 is 1.88 bits per heavy atom. The van der Waals surface area contributed by atoms with E-state index in [1.807, 2.05) is 0 Å². The van der Waals surface area contributed by atoms with Crippen LogP contribution in [0.3, 0.4) is 0 Å². The van der Waals surface area contributed by atoms with E-state index < -0.39 is 18.5 Å². The molecule has 0 unspecified atom stereocenters. The number of anilines is 2. The van der Waals surface area contributed by atoms with Crippen LogP contribution < -0.4 is 15.5 Å². The number of nitrogens with one attached hydrogen (secondary N) is 2. The minimum atomic E-state index is -0.619. The summed E-state index contributed by atoms with van der Waals surface area (Å²) in [5.74, 6) is -1.55. The van der Waals surface area contributed by atoms with E-state index >= 15 is 0 Å². The van der Waals surface area contributed by atoms with Gasteiger partial charge in [-0.25, -0.2) is 0 Å². The third-order valence-electron chi connectivity index (χ3n) is 5.03. The van der Waals surface area contributed by atoms with Gasteiger partial charge < -0.3 is 20.3 Å². The molecule has 0 saturated heterocycles. The fourth-order valence-electron chi connectivity index (χ4n) is 3.40. The summed E-state index contributed by atoms with van der Waals surface area (Å²) in [6.45, 7) is 1.74. The maximum absolute atomic E-state index is 12.1. The van der Waals surface area contributed by atoms with Crippen LogP contribution in [0.4, 0.5) is 11.4 Å². The van der Waals surface area contributed by atoms with E-state index in [9.17, 15) is 24.0 Å². The quantitative estimate of drug-likeness (QED) is 0.405. The molecule has 0 bridgehead atoms. The highest BCUT2D eigenvalue weighted by atomic mass is 32.1. The summed E-state index contributed by atoms with van der Waals surface area (Å²) >= 11 is 1.33. The van der Waals surface area contributed by atoms with Crippen molar-refractivity contribution in [1.29, 1.82) is 0 Å². The van der Waals surface area contributed by atoms with Crippen LogP contribution in [0.1, 0.15) is 41.4 Å². The lowest BCUT2D eigenvalue weighted by Gasteiger charge is -2.15. The highest BCUT2D eigenvalue weighted by Crippen LogP contribution is 2.30. The van der Waals surface area contributed by atoms with Crippen molar-refractivity contribution in [3.63, 3.8) is 0 Å². The number of rotatable bonds is 10. The monoisotopic (exact) mass is 471 g/mol. The molecule has 1 aromatic carbocycles. The smallest absolute Gasteiger partial charge is 0.308 e. The zero-order valence-electron chi connectivity index (χ0n) is 18.2. The molecule has 0 fully saturated rings. The van der Waals surface area contributed by atoms with E-state index in [0.29, 0.717) is 23.5 Å². The van der Waals surface area contributed by atoms with Gasteiger partial charge in [-0.05, 0) is 41.6 Å². The fourth-order valence-corrected chi connectivity index (χ4v) is 4.10. The van der Waals surface area contributed by atoms with Gasteiger partial charge in [0.2, 0.25) is 11.8 Å². The number of ether oxygens (including phenoxy) is 1. The molecule has 3 amide bonds. The molecule has 9 nitrogen and oxygen atoms in total. The normalized spacial score (nSPS) is 12.1. The Bertz CT molecular complexity index is 1050. The van der Waals surface area contributed by atoms with Crippen molar-refractivity contribution in [2.24, 2.45) is 0 Å². The minimum absolute atomic E-state index is 0.0273. The fraction of sp³-hybridized carbons (Fsp3) is 0.348. The zero-order chi connectivity index (χ0) is 23.8. The third kappa shape index (κ3) is 6.98. The van der Waals surface area contributed by atoms with Crippen LogP contribution in [-0.2, 0) is 30.3 Å². The summed E-state index contributed by atoms with van der Waals surface area (Å²) in [6, 6.07) is 8.76. The predicted octanol–water partition coefficient (Wildman–Crippen LogP) is 2.31. The number of thiophene rings is 1. The number of amides is 3. The Kier molecular flexibility index (Phi) is 8.31. The van der Waals surface area contributed by atoms with Gasteiger partial charge in [0.25, 0.3) is 5.91 Å². The van der Waals surface area contributed by atoms with Gasteiger partial charge in [-0.1, -0.05) is 6.07 Å². The van der Waals surface area contributed by atoms with Crippen molar-refractivity contribution in [3.8, 4) is 0 Å². The Hall–Kier alpha value is -3.53. The van der Waals surface area contributed by atoms with Crippen LogP contribution >= 0.6 is 11.3 Å². The number of hydrogen-bond acceptors (Lipinski definition) is 7. The molecule has 0 radical (unpaired) electrons. The zero-order valence-corrected chi connectivity index (χ0v) is 19.0. The Labute approximate surface area is 195 Å². The second-order valence-corrected chi connectivity index (χ2v) is 8.42. The minimum Gasteiger partial charge on any atom is -0.456 e. The van der Waals surface area contributed by atoms with Crippen molar-refractivity contribution in [2.45, 2.75) is 32.6 Å². The molecule has 2 aromatic rings. The molecule has 0 spiro atoms. The van der Waals surface area contributed by atoms with Gasteiger partial charge in [0.15, 0.2) is 12.4 Å². The number of ketones is 1. The van der Waals surface area contributed by atoms with Crippen LogP contribution in [0.5, 0.6) is 0 Å². The largest absolute Gasteiger partial charge is 0.456 e. The molecule has 33 heavy (non-hydrogen) atoms. The standard InChI is InChI=1S/C23H25N3O6S/c1-15(27)26-11-9-16-13-17(4-5-18(16)26)25-22(30)14-32-23(31)8-10-24-21(29)7-6-19(28)20-3-2-12-33-20/h2-5,12-13H,6-11,14H2,1H3,(H,24,29)(H,25,30). The third-order valence-corrected chi connectivity index (χ3v) is 5.94. The van der Waals surface area contributed by atoms with Crippen molar-refractivity contribution in [1.82, 2.24) is 5.32 Å². The van der Waals surface area contributed by atoms with E-state index in [4.69, 9.17) is 4.74 Å².